The van der Waals surface area contributed by atoms with E-state index in [1.54, 1.807) is 0 Å². The molecule has 10 aromatic rings. The molecule has 3 atom stereocenters. The van der Waals surface area contributed by atoms with Gasteiger partial charge in [-0.2, -0.15) is 0 Å². The van der Waals surface area contributed by atoms with Gasteiger partial charge in [-0.15, -0.1) is 0 Å². The highest BCUT2D eigenvalue weighted by molar-refractivity contribution is 6.14. The van der Waals surface area contributed by atoms with Crippen molar-refractivity contribution in [1.29, 1.82) is 0 Å². The highest BCUT2D eigenvalue weighted by atomic mass is 15.4. The van der Waals surface area contributed by atoms with Gasteiger partial charge in [0.05, 0.1) is 28.2 Å². The van der Waals surface area contributed by atoms with Crippen LogP contribution in [-0.2, 0) is 5.41 Å². The first kappa shape index (κ1) is 40.4. The Morgan fingerprint density at radius 2 is 1.06 bits per heavy atom. The predicted octanol–water partition coefficient (Wildman–Crippen LogP) is 13.8. The van der Waals surface area contributed by atoms with Crippen LogP contribution in [0.25, 0.3) is 44.3 Å². The SMILES string of the molecule is CN1C(c2ccccc2)=CC(c2ccccc2)NC1n1c2ccccc2c2cc3c(cc21)-c1ccccc1C31c2ccccc2N(C2N=C(c3ccccc3)C=C(c3ccccc3)N2)c2ccccc21. The standard InChI is InChI=1S/C64H48N6/c1-68-60(45-28-12-5-13-29-45)41-56(44-26-10-4-11-27-44)67-63(68)70-57-35-19-15-31-47(57)49-38-53-48(39-61(49)70)46-30-14-16-32-50(46)64(53)51-33-17-20-36-58(51)69(59-37-21-18-34-52(59)64)62-65-54(42-22-6-2-7-23-42)40-55(66-62)43-24-8-3-9-25-43/h2-41,56,62-63,65,67H,1H3. The topological polar surface area (TPSA) is 47.8 Å². The van der Waals surface area contributed by atoms with Gasteiger partial charge >= 0.3 is 0 Å². The second kappa shape index (κ2) is 15.9. The van der Waals surface area contributed by atoms with Crippen molar-refractivity contribution in [2.45, 2.75) is 24.0 Å². The lowest BCUT2D eigenvalue weighted by molar-refractivity contribution is 0.193. The van der Waals surface area contributed by atoms with Crippen molar-refractivity contribution < 1.29 is 0 Å². The summed E-state index contributed by atoms with van der Waals surface area (Å²) in [5.74, 6) is 0. The summed E-state index contributed by atoms with van der Waals surface area (Å²) in [5, 5.41) is 10.5. The molecule has 6 heteroatoms. The first-order valence-corrected chi connectivity index (χ1v) is 24.3. The summed E-state index contributed by atoms with van der Waals surface area (Å²) < 4.78 is 2.55. The van der Waals surface area contributed by atoms with Crippen LogP contribution in [0.2, 0.25) is 0 Å². The zero-order valence-electron chi connectivity index (χ0n) is 38.6. The van der Waals surface area contributed by atoms with E-state index in [0.717, 1.165) is 33.9 Å². The van der Waals surface area contributed by atoms with E-state index in [-0.39, 0.29) is 12.3 Å². The summed E-state index contributed by atoms with van der Waals surface area (Å²) in [4.78, 5) is 10.4. The molecule has 2 N–H and O–H groups in total. The van der Waals surface area contributed by atoms with Crippen molar-refractivity contribution >= 4 is 50.3 Å². The molecule has 9 aromatic carbocycles. The van der Waals surface area contributed by atoms with Crippen LogP contribution in [-0.4, -0.2) is 28.5 Å². The maximum Gasteiger partial charge on any atom is 0.201 e. The van der Waals surface area contributed by atoms with E-state index < -0.39 is 11.7 Å². The van der Waals surface area contributed by atoms with Crippen molar-refractivity contribution in [3.05, 3.63) is 287 Å². The minimum absolute atomic E-state index is 0.0172. The van der Waals surface area contributed by atoms with Crippen LogP contribution in [0.15, 0.2) is 248 Å². The van der Waals surface area contributed by atoms with Gasteiger partial charge in [0.25, 0.3) is 0 Å². The van der Waals surface area contributed by atoms with Crippen LogP contribution in [0.4, 0.5) is 11.4 Å². The first-order valence-electron chi connectivity index (χ1n) is 24.3. The number of nitrogens with zero attached hydrogens (tertiary/aromatic N) is 4. The molecule has 4 heterocycles. The Balaban J connectivity index is 0.988. The number of hydrogen-bond donors (Lipinski definition) is 2. The lowest BCUT2D eigenvalue weighted by Gasteiger charge is -2.47. The van der Waals surface area contributed by atoms with E-state index in [9.17, 15) is 0 Å². The normalized spacial score (nSPS) is 18.6. The Bertz CT molecular complexity index is 3710. The third kappa shape index (κ3) is 6.00. The Morgan fingerprint density at radius 1 is 0.486 bits per heavy atom. The van der Waals surface area contributed by atoms with Crippen LogP contribution < -0.4 is 15.5 Å². The smallest absolute Gasteiger partial charge is 0.201 e. The fourth-order valence-corrected chi connectivity index (χ4v) is 12.1. The largest absolute Gasteiger partial charge is 0.346 e. The van der Waals surface area contributed by atoms with Gasteiger partial charge in [0.1, 0.15) is 0 Å². The lowest BCUT2D eigenvalue weighted by Crippen LogP contribution is -2.48. The fourth-order valence-electron chi connectivity index (χ4n) is 12.1. The molecule has 1 aromatic heterocycles. The summed E-state index contributed by atoms with van der Waals surface area (Å²) in [6.07, 6.45) is 3.92. The maximum absolute atomic E-state index is 5.57. The average molecular weight is 901 g/mol. The summed E-state index contributed by atoms with van der Waals surface area (Å²) in [6, 6.07) is 84.0. The number of allylic oxidation sites excluding steroid dienone is 1. The zero-order chi connectivity index (χ0) is 46.3. The number of aromatic nitrogens is 1. The number of fused-ring (bicyclic) bond motifs is 12. The second-order valence-corrected chi connectivity index (χ2v) is 18.8. The molecule has 14 rings (SSSR count). The highest BCUT2D eigenvalue weighted by Crippen LogP contribution is 2.63. The number of rotatable bonds is 6. The molecule has 70 heavy (non-hydrogen) atoms. The minimum Gasteiger partial charge on any atom is -0.346 e. The van der Waals surface area contributed by atoms with Crippen LogP contribution in [0.5, 0.6) is 0 Å². The lowest BCUT2D eigenvalue weighted by atomic mass is 9.64. The number of hydrogen-bond acceptors (Lipinski definition) is 5. The Hall–Kier alpha value is -8.71. The third-order valence-electron chi connectivity index (χ3n) is 15.1. The summed E-state index contributed by atoms with van der Waals surface area (Å²) in [7, 11) is 2.23. The predicted molar refractivity (Wildman–Crippen MR) is 287 cm³/mol. The van der Waals surface area contributed by atoms with Crippen LogP contribution in [0, 0.1) is 0 Å². The van der Waals surface area contributed by atoms with Crippen LogP contribution in [0.1, 0.15) is 56.8 Å². The van der Waals surface area contributed by atoms with Gasteiger partial charge in [-0.3, -0.25) is 5.32 Å². The molecule has 0 amide bonds. The van der Waals surface area contributed by atoms with Gasteiger partial charge in [0.15, 0.2) is 6.29 Å². The summed E-state index contributed by atoms with van der Waals surface area (Å²) >= 11 is 0. The molecule has 4 aliphatic rings. The van der Waals surface area contributed by atoms with E-state index in [2.05, 4.69) is 275 Å². The Labute approximate surface area is 407 Å². The molecule has 0 saturated carbocycles. The quantitative estimate of drug-likeness (QED) is 0.175. The van der Waals surface area contributed by atoms with Crippen molar-refractivity contribution in [3.63, 3.8) is 0 Å². The number of aliphatic imine (C=N–C) groups is 1. The molecule has 0 saturated heterocycles. The summed E-state index contributed by atoms with van der Waals surface area (Å²) in [5.41, 5.74) is 19.3. The minimum atomic E-state index is -0.632. The molecular weight excluding hydrogens is 853 g/mol. The van der Waals surface area contributed by atoms with Gasteiger partial charge in [-0.25, -0.2) is 4.99 Å². The van der Waals surface area contributed by atoms with Crippen molar-refractivity contribution in [1.82, 2.24) is 20.1 Å². The van der Waals surface area contributed by atoms with Gasteiger partial charge in [0, 0.05) is 40.6 Å². The Morgan fingerprint density at radius 3 is 1.76 bits per heavy atom. The van der Waals surface area contributed by atoms with E-state index in [0.29, 0.717) is 0 Å². The number of para-hydroxylation sites is 3. The molecule has 334 valence electrons. The van der Waals surface area contributed by atoms with Gasteiger partial charge in [-0.05, 0) is 98.1 Å². The molecular formula is C64H48N6. The highest BCUT2D eigenvalue weighted by Gasteiger charge is 2.53. The van der Waals surface area contributed by atoms with Crippen molar-refractivity contribution in [2.24, 2.45) is 4.99 Å². The average Bonchev–Trinajstić information content (AvgIpc) is 3.91. The van der Waals surface area contributed by atoms with Crippen molar-refractivity contribution in [3.8, 4) is 11.1 Å². The Kier molecular flexibility index (Phi) is 9.19. The molecule has 0 bridgehead atoms. The number of nitrogens with one attached hydrogen (secondary N) is 2. The van der Waals surface area contributed by atoms with Gasteiger partial charge in [0.2, 0.25) is 6.29 Å². The van der Waals surface area contributed by atoms with Crippen LogP contribution >= 0.6 is 0 Å². The van der Waals surface area contributed by atoms with E-state index >= 15 is 0 Å². The van der Waals surface area contributed by atoms with Gasteiger partial charge < -0.3 is 19.7 Å². The summed E-state index contributed by atoms with van der Waals surface area (Å²) in [6.45, 7) is 0. The van der Waals surface area contributed by atoms with Crippen molar-refractivity contribution in [2.75, 3.05) is 11.9 Å². The first-order chi connectivity index (χ1) is 34.6. The van der Waals surface area contributed by atoms with Crippen LogP contribution in [0.3, 0.4) is 0 Å². The molecule has 0 radical (unpaired) electrons. The molecule has 0 fully saturated rings. The zero-order valence-corrected chi connectivity index (χ0v) is 38.6. The molecule has 3 unspecified atom stereocenters. The molecule has 1 aliphatic carbocycles. The monoisotopic (exact) mass is 900 g/mol. The third-order valence-corrected chi connectivity index (χ3v) is 15.1. The number of anilines is 2. The maximum atomic E-state index is 5.57. The fraction of sp³-hybridized carbons (Fsp3) is 0.0781. The molecule has 3 aliphatic heterocycles. The van der Waals surface area contributed by atoms with E-state index in [1.165, 1.54) is 72.0 Å². The number of benzene rings is 9. The molecule has 6 nitrogen and oxygen atoms in total. The molecule has 1 spiro atoms. The van der Waals surface area contributed by atoms with E-state index in [1.807, 2.05) is 0 Å². The second-order valence-electron chi connectivity index (χ2n) is 18.8. The van der Waals surface area contributed by atoms with E-state index in [4.69, 9.17) is 4.99 Å². The van der Waals surface area contributed by atoms with Gasteiger partial charge in [-0.1, -0.05) is 200 Å².